The molecule has 0 unspecified atom stereocenters. The highest BCUT2D eigenvalue weighted by molar-refractivity contribution is 7.22. The quantitative estimate of drug-likeness (QED) is 0.743. The standard InChI is InChI=1S/C16H13FN2OS2/c1-9-8-11(17)5-6-12(9)19-15(20)14-10(2)18-16(22-14)13-4-3-7-21-13/h3-8H,1-2H3,(H,19,20). The molecule has 0 saturated carbocycles. The number of nitrogens with zero attached hydrogens (tertiary/aromatic N) is 1. The van der Waals surface area contributed by atoms with Crippen molar-refractivity contribution in [2.75, 3.05) is 5.32 Å². The SMILES string of the molecule is Cc1cc(F)ccc1NC(=O)c1sc(-c2cccs2)nc1C. The summed E-state index contributed by atoms with van der Waals surface area (Å²) in [5, 5.41) is 5.64. The first kappa shape index (κ1) is 14.9. The summed E-state index contributed by atoms with van der Waals surface area (Å²) in [6, 6.07) is 8.23. The number of carbonyl (C=O) groups excluding carboxylic acids is 1. The lowest BCUT2D eigenvalue weighted by Gasteiger charge is -2.07. The van der Waals surface area contributed by atoms with Gasteiger partial charge in [0, 0.05) is 5.69 Å². The van der Waals surface area contributed by atoms with Crippen molar-refractivity contribution < 1.29 is 9.18 Å². The van der Waals surface area contributed by atoms with E-state index >= 15 is 0 Å². The maximum Gasteiger partial charge on any atom is 0.267 e. The average molecular weight is 332 g/mol. The van der Waals surface area contributed by atoms with E-state index in [2.05, 4.69) is 10.3 Å². The minimum atomic E-state index is -0.315. The van der Waals surface area contributed by atoms with Gasteiger partial charge in [0.25, 0.3) is 5.91 Å². The highest BCUT2D eigenvalue weighted by Gasteiger charge is 2.17. The summed E-state index contributed by atoms with van der Waals surface area (Å²) in [5.74, 6) is -0.531. The molecule has 1 N–H and O–H groups in total. The van der Waals surface area contributed by atoms with Crippen molar-refractivity contribution in [1.82, 2.24) is 4.98 Å². The summed E-state index contributed by atoms with van der Waals surface area (Å²) in [5.41, 5.74) is 2.00. The lowest BCUT2D eigenvalue weighted by Crippen LogP contribution is -2.12. The van der Waals surface area contributed by atoms with Gasteiger partial charge in [0.2, 0.25) is 0 Å². The highest BCUT2D eigenvalue weighted by atomic mass is 32.1. The van der Waals surface area contributed by atoms with Crippen LogP contribution in [0.2, 0.25) is 0 Å². The Hall–Kier alpha value is -2.05. The maximum absolute atomic E-state index is 13.1. The molecule has 0 aliphatic heterocycles. The van der Waals surface area contributed by atoms with Crippen LogP contribution in [-0.2, 0) is 0 Å². The second-order valence-electron chi connectivity index (χ2n) is 4.82. The van der Waals surface area contributed by atoms with E-state index in [0.29, 0.717) is 21.8 Å². The fraction of sp³-hybridized carbons (Fsp3) is 0.125. The van der Waals surface area contributed by atoms with Crippen LogP contribution < -0.4 is 5.32 Å². The zero-order valence-electron chi connectivity index (χ0n) is 12.0. The molecule has 3 nitrogen and oxygen atoms in total. The van der Waals surface area contributed by atoms with Gasteiger partial charge >= 0.3 is 0 Å². The molecule has 0 radical (unpaired) electrons. The van der Waals surface area contributed by atoms with Gasteiger partial charge in [-0.3, -0.25) is 4.79 Å². The van der Waals surface area contributed by atoms with Crippen molar-refractivity contribution in [2.45, 2.75) is 13.8 Å². The molecule has 1 amide bonds. The van der Waals surface area contributed by atoms with Crippen LogP contribution in [0.15, 0.2) is 35.7 Å². The lowest BCUT2D eigenvalue weighted by atomic mass is 10.2. The van der Waals surface area contributed by atoms with E-state index in [1.807, 2.05) is 24.4 Å². The number of amides is 1. The van der Waals surface area contributed by atoms with Crippen molar-refractivity contribution in [1.29, 1.82) is 0 Å². The molecule has 1 aromatic carbocycles. The number of thiophene rings is 1. The van der Waals surface area contributed by atoms with Crippen molar-refractivity contribution in [3.8, 4) is 9.88 Å². The molecule has 0 atom stereocenters. The highest BCUT2D eigenvalue weighted by Crippen LogP contribution is 2.31. The Bertz CT molecular complexity index is 825. The Balaban J connectivity index is 1.86. The summed E-state index contributed by atoms with van der Waals surface area (Å²) >= 11 is 2.96. The largest absolute Gasteiger partial charge is 0.321 e. The molecule has 0 saturated heterocycles. The molecule has 6 heteroatoms. The van der Waals surface area contributed by atoms with Crippen LogP contribution in [0.4, 0.5) is 10.1 Å². The zero-order valence-corrected chi connectivity index (χ0v) is 13.6. The molecule has 0 fully saturated rings. The zero-order chi connectivity index (χ0) is 15.7. The molecule has 22 heavy (non-hydrogen) atoms. The summed E-state index contributed by atoms with van der Waals surface area (Å²) in [4.78, 5) is 18.5. The summed E-state index contributed by atoms with van der Waals surface area (Å²) in [6.07, 6.45) is 0. The van der Waals surface area contributed by atoms with Crippen LogP contribution in [-0.4, -0.2) is 10.9 Å². The molecular weight excluding hydrogens is 319 g/mol. The normalized spacial score (nSPS) is 10.7. The van der Waals surface area contributed by atoms with Crippen LogP contribution >= 0.6 is 22.7 Å². The first-order valence-corrected chi connectivity index (χ1v) is 8.33. The fourth-order valence-electron chi connectivity index (χ4n) is 2.06. The van der Waals surface area contributed by atoms with Gasteiger partial charge < -0.3 is 5.32 Å². The van der Waals surface area contributed by atoms with E-state index in [1.165, 1.54) is 23.5 Å². The molecular formula is C16H13FN2OS2. The number of hydrogen-bond donors (Lipinski definition) is 1. The number of aryl methyl sites for hydroxylation is 2. The third-order valence-corrected chi connectivity index (χ3v) is 5.37. The third-order valence-electron chi connectivity index (χ3n) is 3.17. The third kappa shape index (κ3) is 2.93. The number of anilines is 1. The summed E-state index contributed by atoms with van der Waals surface area (Å²) in [6.45, 7) is 3.58. The molecule has 0 aliphatic rings. The van der Waals surface area contributed by atoms with Gasteiger partial charge in [-0.05, 0) is 49.1 Å². The monoisotopic (exact) mass is 332 g/mol. The van der Waals surface area contributed by atoms with Crippen LogP contribution in [0.1, 0.15) is 20.9 Å². The number of halogens is 1. The van der Waals surface area contributed by atoms with E-state index in [4.69, 9.17) is 0 Å². The first-order chi connectivity index (χ1) is 10.5. The van der Waals surface area contributed by atoms with E-state index < -0.39 is 0 Å². The predicted octanol–water partition coefficient (Wildman–Crippen LogP) is 4.88. The number of benzene rings is 1. The average Bonchev–Trinajstić information content (AvgIpc) is 3.10. The van der Waals surface area contributed by atoms with Gasteiger partial charge in [-0.15, -0.1) is 22.7 Å². The molecule has 0 aliphatic carbocycles. The van der Waals surface area contributed by atoms with Gasteiger partial charge in [0.15, 0.2) is 0 Å². The Morgan fingerprint density at radius 3 is 2.77 bits per heavy atom. The molecule has 2 heterocycles. The summed E-state index contributed by atoms with van der Waals surface area (Å²) < 4.78 is 13.1. The lowest BCUT2D eigenvalue weighted by molar-refractivity contribution is 0.102. The van der Waals surface area contributed by atoms with Crippen molar-refractivity contribution in [3.05, 3.63) is 57.7 Å². The van der Waals surface area contributed by atoms with Gasteiger partial charge in [0.05, 0.1) is 10.6 Å². The maximum atomic E-state index is 13.1. The van der Waals surface area contributed by atoms with Crippen LogP contribution in [0.5, 0.6) is 0 Å². The topological polar surface area (TPSA) is 42.0 Å². The van der Waals surface area contributed by atoms with E-state index in [9.17, 15) is 9.18 Å². The minimum absolute atomic E-state index is 0.215. The molecule has 2 aromatic heterocycles. The molecule has 3 rings (SSSR count). The van der Waals surface area contributed by atoms with Crippen molar-refractivity contribution in [2.24, 2.45) is 0 Å². The van der Waals surface area contributed by atoms with E-state index in [1.54, 1.807) is 24.3 Å². The van der Waals surface area contributed by atoms with E-state index in [0.717, 1.165) is 9.88 Å². The van der Waals surface area contributed by atoms with Gasteiger partial charge in [-0.2, -0.15) is 0 Å². The molecule has 3 aromatic rings. The first-order valence-electron chi connectivity index (χ1n) is 6.63. The minimum Gasteiger partial charge on any atom is -0.321 e. The number of hydrogen-bond acceptors (Lipinski definition) is 4. The summed E-state index contributed by atoms with van der Waals surface area (Å²) in [7, 11) is 0. The van der Waals surface area contributed by atoms with Crippen molar-refractivity contribution >= 4 is 34.3 Å². The second kappa shape index (κ2) is 5.98. The number of nitrogens with one attached hydrogen (secondary N) is 1. The Labute approximate surface area is 135 Å². The van der Waals surface area contributed by atoms with Gasteiger partial charge in [-0.25, -0.2) is 9.37 Å². The van der Waals surface area contributed by atoms with Gasteiger partial charge in [0.1, 0.15) is 15.7 Å². The Morgan fingerprint density at radius 2 is 2.09 bits per heavy atom. The van der Waals surface area contributed by atoms with Gasteiger partial charge in [-0.1, -0.05) is 6.07 Å². The predicted molar refractivity (Wildman–Crippen MR) is 89.3 cm³/mol. The van der Waals surface area contributed by atoms with Crippen LogP contribution in [0.25, 0.3) is 9.88 Å². The molecule has 112 valence electrons. The van der Waals surface area contributed by atoms with Crippen LogP contribution in [0.3, 0.4) is 0 Å². The molecule has 0 spiro atoms. The second-order valence-corrected chi connectivity index (χ2v) is 6.77. The van der Waals surface area contributed by atoms with Crippen LogP contribution in [0, 0.1) is 19.7 Å². The number of aromatic nitrogens is 1. The number of carbonyl (C=O) groups is 1. The molecule has 0 bridgehead atoms. The van der Waals surface area contributed by atoms with E-state index in [-0.39, 0.29) is 11.7 Å². The Kier molecular flexibility index (Phi) is 4.04. The fourth-order valence-corrected chi connectivity index (χ4v) is 3.82. The Morgan fingerprint density at radius 1 is 1.27 bits per heavy atom. The number of rotatable bonds is 3. The number of thiazole rings is 1. The smallest absolute Gasteiger partial charge is 0.267 e. The van der Waals surface area contributed by atoms with Crippen molar-refractivity contribution in [3.63, 3.8) is 0 Å².